The van der Waals surface area contributed by atoms with Gasteiger partial charge in [0.1, 0.15) is 0 Å². The molecular weight excluding hydrogens is 717 g/mol. The van der Waals surface area contributed by atoms with Gasteiger partial charge in [-0.15, -0.1) is 0 Å². The summed E-state index contributed by atoms with van der Waals surface area (Å²) in [5.74, 6) is 2.71. The largest absolute Gasteiger partial charge is 0.208 e. The molecule has 2 bridgehead atoms. The number of aromatic nitrogens is 3. The van der Waals surface area contributed by atoms with Crippen molar-refractivity contribution in [2.75, 3.05) is 0 Å². The Labute approximate surface area is 347 Å². The first-order valence-corrected chi connectivity index (χ1v) is 21.0. The van der Waals surface area contributed by atoms with Gasteiger partial charge >= 0.3 is 0 Å². The van der Waals surface area contributed by atoms with Gasteiger partial charge in [0.05, 0.1) is 11.6 Å². The molecular formula is C55H46N4. The van der Waals surface area contributed by atoms with E-state index in [1.165, 1.54) is 70.9 Å². The zero-order valence-corrected chi connectivity index (χ0v) is 33.7. The summed E-state index contributed by atoms with van der Waals surface area (Å²) in [4.78, 5) is 15.1. The minimum atomic E-state index is 0.0851. The fourth-order valence-corrected chi connectivity index (χ4v) is 10.6. The fraction of sp³-hybridized carbons (Fsp3) is 0.200. The Morgan fingerprint density at radius 1 is 0.542 bits per heavy atom. The molecule has 10 rings (SSSR count). The first-order valence-electron chi connectivity index (χ1n) is 21.0. The molecule has 3 atom stereocenters. The SMILES string of the molecule is Cc1cc(C#N)ccc1-c1ccc(C23CCCC(CC(C)(c4ccc(-c5ccc(-c6nc(-c7ccccc7)nc(-c7ccccc7)n6)c6ccccc56)cc4)C2)C3)cc1. The molecule has 0 spiro atoms. The smallest absolute Gasteiger partial charge is 0.164 e. The van der Waals surface area contributed by atoms with Crippen molar-refractivity contribution < 1.29 is 0 Å². The monoisotopic (exact) mass is 762 g/mol. The molecule has 0 N–H and O–H groups in total. The molecule has 2 saturated carbocycles. The van der Waals surface area contributed by atoms with E-state index in [4.69, 9.17) is 15.0 Å². The van der Waals surface area contributed by atoms with Crippen molar-refractivity contribution in [1.29, 1.82) is 5.26 Å². The maximum Gasteiger partial charge on any atom is 0.164 e. The number of nitrogens with zero attached hydrogens (tertiary/aromatic N) is 4. The van der Waals surface area contributed by atoms with Gasteiger partial charge in [-0.3, -0.25) is 0 Å². The molecule has 0 amide bonds. The lowest BCUT2D eigenvalue weighted by Gasteiger charge is -2.53. The standard InChI is InChI=1S/C55H46N4/c1-37-32-38(35-56)19-28-46(37)40-22-26-45(27-23-40)55-31-11-12-39(34-55)33-54(2,36-55)44-24-20-41(21-25-44)47-29-30-50(49-18-10-9-17-48(47)49)53-58-51(42-13-5-3-6-14-42)57-52(59-53)43-15-7-4-8-16-43/h3-10,13-30,32,39H,11-12,31,33-34,36H2,1-2H3. The first-order chi connectivity index (χ1) is 28.9. The Morgan fingerprint density at radius 3 is 1.71 bits per heavy atom. The summed E-state index contributed by atoms with van der Waals surface area (Å²) in [6.07, 6.45) is 7.52. The van der Waals surface area contributed by atoms with Crippen LogP contribution >= 0.6 is 0 Å². The Balaban J connectivity index is 0.972. The molecule has 286 valence electrons. The van der Waals surface area contributed by atoms with Crippen LogP contribution in [0.4, 0.5) is 0 Å². The van der Waals surface area contributed by atoms with Gasteiger partial charge in [-0.25, -0.2) is 15.0 Å². The Morgan fingerprint density at radius 2 is 1.08 bits per heavy atom. The van der Waals surface area contributed by atoms with Crippen molar-refractivity contribution in [2.45, 2.75) is 63.2 Å². The van der Waals surface area contributed by atoms with Crippen LogP contribution in [0.25, 0.3) is 67.2 Å². The molecule has 7 aromatic carbocycles. The summed E-state index contributed by atoms with van der Waals surface area (Å²) < 4.78 is 0. The highest BCUT2D eigenvalue weighted by Crippen LogP contribution is 2.57. The molecule has 1 heterocycles. The van der Waals surface area contributed by atoms with Crippen molar-refractivity contribution in [2.24, 2.45) is 5.92 Å². The third-order valence-corrected chi connectivity index (χ3v) is 13.3. The average molecular weight is 763 g/mol. The quantitative estimate of drug-likeness (QED) is 0.162. The van der Waals surface area contributed by atoms with Crippen molar-refractivity contribution in [3.63, 3.8) is 0 Å². The maximum absolute atomic E-state index is 9.38. The van der Waals surface area contributed by atoms with Crippen LogP contribution in [-0.4, -0.2) is 15.0 Å². The number of aryl methyl sites for hydroxylation is 1. The molecule has 4 heteroatoms. The zero-order valence-electron chi connectivity index (χ0n) is 33.7. The molecule has 2 fully saturated rings. The molecule has 4 nitrogen and oxygen atoms in total. The second kappa shape index (κ2) is 14.9. The van der Waals surface area contributed by atoms with E-state index in [1.54, 1.807) is 0 Å². The maximum atomic E-state index is 9.38. The predicted octanol–water partition coefficient (Wildman–Crippen LogP) is 13.7. The highest BCUT2D eigenvalue weighted by molar-refractivity contribution is 6.04. The van der Waals surface area contributed by atoms with Crippen LogP contribution in [0.5, 0.6) is 0 Å². The van der Waals surface area contributed by atoms with E-state index in [1.807, 2.05) is 48.5 Å². The van der Waals surface area contributed by atoms with Gasteiger partial charge in [0.2, 0.25) is 0 Å². The van der Waals surface area contributed by atoms with Crippen molar-refractivity contribution in [3.05, 3.63) is 186 Å². The van der Waals surface area contributed by atoms with E-state index < -0.39 is 0 Å². The van der Waals surface area contributed by atoms with E-state index in [0.29, 0.717) is 23.0 Å². The van der Waals surface area contributed by atoms with Crippen LogP contribution in [0.3, 0.4) is 0 Å². The number of benzene rings is 7. The Hall–Kier alpha value is -6.70. The van der Waals surface area contributed by atoms with Crippen LogP contribution in [-0.2, 0) is 10.8 Å². The number of hydrogen-bond acceptors (Lipinski definition) is 4. The molecule has 2 aliphatic carbocycles. The molecule has 2 aliphatic rings. The van der Waals surface area contributed by atoms with Gasteiger partial charge < -0.3 is 0 Å². The molecule has 0 radical (unpaired) electrons. The number of nitriles is 1. The van der Waals surface area contributed by atoms with Gasteiger partial charge in [0.25, 0.3) is 0 Å². The second-order valence-corrected chi connectivity index (χ2v) is 17.2. The lowest BCUT2D eigenvalue weighted by atomic mass is 9.51. The third kappa shape index (κ3) is 6.81. The summed E-state index contributed by atoms with van der Waals surface area (Å²) in [5.41, 5.74) is 12.8. The lowest BCUT2D eigenvalue weighted by Crippen LogP contribution is -2.46. The molecule has 1 aromatic heterocycles. The van der Waals surface area contributed by atoms with Crippen LogP contribution in [0.15, 0.2) is 164 Å². The Bertz CT molecular complexity index is 2800. The topological polar surface area (TPSA) is 62.5 Å². The number of hydrogen-bond donors (Lipinski definition) is 0. The molecule has 59 heavy (non-hydrogen) atoms. The predicted molar refractivity (Wildman–Crippen MR) is 241 cm³/mol. The van der Waals surface area contributed by atoms with Gasteiger partial charge in [-0.2, -0.15) is 5.26 Å². The minimum Gasteiger partial charge on any atom is -0.208 e. The van der Waals surface area contributed by atoms with Gasteiger partial charge in [-0.05, 0) is 117 Å². The lowest BCUT2D eigenvalue weighted by molar-refractivity contribution is 0.0874. The van der Waals surface area contributed by atoms with Gasteiger partial charge in [0, 0.05) is 16.7 Å². The van der Waals surface area contributed by atoms with Crippen LogP contribution in [0.1, 0.15) is 67.7 Å². The van der Waals surface area contributed by atoms with E-state index in [2.05, 4.69) is 135 Å². The summed E-state index contributed by atoms with van der Waals surface area (Å²) in [5, 5.41) is 11.7. The minimum absolute atomic E-state index is 0.0851. The zero-order chi connectivity index (χ0) is 40.0. The van der Waals surface area contributed by atoms with Gasteiger partial charge in [-0.1, -0.05) is 165 Å². The molecule has 8 aromatic rings. The van der Waals surface area contributed by atoms with E-state index >= 15 is 0 Å². The first kappa shape index (κ1) is 36.6. The Kier molecular flexibility index (Phi) is 9.26. The van der Waals surface area contributed by atoms with Crippen molar-refractivity contribution >= 4 is 10.8 Å². The number of fused-ring (bicyclic) bond motifs is 3. The third-order valence-electron chi connectivity index (χ3n) is 13.3. The molecule has 0 saturated heterocycles. The summed E-state index contributed by atoms with van der Waals surface area (Å²) >= 11 is 0. The van der Waals surface area contributed by atoms with Crippen LogP contribution in [0, 0.1) is 24.2 Å². The fourth-order valence-electron chi connectivity index (χ4n) is 10.6. The van der Waals surface area contributed by atoms with Crippen LogP contribution in [0.2, 0.25) is 0 Å². The average Bonchev–Trinajstić information content (AvgIpc) is 3.29. The van der Waals surface area contributed by atoms with Crippen LogP contribution < -0.4 is 0 Å². The summed E-state index contributed by atoms with van der Waals surface area (Å²) in [6.45, 7) is 4.62. The van der Waals surface area contributed by atoms with E-state index in [0.717, 1.165) is 40.0 Å². The normalized spacial score (nSPS) is 19.9. The molecule has 3 unspecified atom stereocenters. The summed E-state index contributed by atoms with van der Waals surface area (Å²) in [6, 6.07) is 60.6. The highest BCUT2D eigenvalue weighted by Gasteiger charge is 2.49. The van der Waals surface area contributed by atoms with E-state index in [-0.39, 0.29) is 10.8 Å². The number of rotatable bonds is 7. The highest BCUT2D eigenvalue weighted by atomic mass is 15.0. The summed E-state index contributed by atoms with van der Waals surface area (Å²) in [7, 11) is 0. The van der Waals surface area contributed by atoms with Crippen molar-refractivity contribution in [1.82, 2.24) is 15.0 Å². The second-order valence-electron chi connectivity index (χ2n) is 17.2. The van der Waals surface area contributed by atoms with Gasteiger partial charge in [0.15, 0.2) is 17.5 Å². The van der Waals surface area contributed by atoms with Crippen molar-refractivity contribution in [3.8, 4) is 62.5 Å². The molecule has 0 aliphatic heterocycles. The van der Waals surface area contributed by atoms with E-state index in [9.17, 15) is 5.26 Å².